The maximum absolute atomic E-state index is 14.4. The van der Waals surface area contributed by atoms with E-state index >= 15 is 0 Å². The molecule has 2 amide bonds. The quantitative estimate of drug-likeness (QED) is 0.423. The first-order chi connectivity index (χ1) is 17.5. The zero-order valence-corrected chi connectivity index (χ0v) is 20.9. The Kier molecular flexibility index (Phi) is 5.51. The van der Waals surface area contributed by atoms with Crippen molar-refractivity contribution < 1.29 is 14.0 Å². The van der Waals surface area contributed by atoms with Crippen molar-refractivity contribution in [3.8, 4) is 5.69 Å². The summed E-state index contributed by atoms with van der Waals surface area (Å²) in [5.41, 5.74) is 2.46. The van der Waals surface area contributed by atoms with Gasteiger partial charge in [0.05, 0.1) is 30.6 Å². The molecule has 1 saturated carbocycles. The van der Waals surface area contributed by atoms with Crippen molar-refractivity contribution in [3.05, 3.63) is 78.1 Å². The van der Waals surface area contributed by atoms with Gasteiger partial charge < -0.3 is 23.8 Å². The number of fused-ring (bicyclic) bond motifs is 3. The van der Waals surface area contributed by atoms with Crippen molar-refractivity contribution in [3.63, 3.8) is 0 Å². The highest BCUT2D eigenvalue weighted by Crippen LogP contribution is 2.39. The van der Waals surface area contributed by atoms with Crippen LogP contribution in [0.3, 0.4) is 0 Å². The fourth-order valence-corrected chi connectivity index (χ4v) is 5.91. The molecule has 3 aromatic heterocycles. The molecule has 1 aliphatic heterocycles. The number of furan rings is 1. The molecule has 36 heavy (non-hydrogen) atoms. The van der Waals surface area contributed by atoms with Crippen molar-refractivity contribution in [2.75, 3.05) is 0 Å². The number of aromatic nitrogens is 2. The highest BCUT2D eigenvalue weighted by Gasteiger charge is 2.49. The molecule has 0 saturated heterocycles. The minimum Gasteiger partial charge on any atom is -0.467 e. The Morgan fingerprint density at radius 3 is 2.61 bits per heavy atom. The molecule has 2 aliphatic rings. The Bertz CT molecular complexity index is 1410. The van der Waals surface area contributed by atoms with Gasteiger partial charge in [0.2, 0.25) is 5.91 Å². The average molecular weight is 485 g/mol. The van der Waals surface area contributed by atoms with Crippen molar-refractivity contribution in [1.29, 1.82) is 0 Å². The van der Waals surface area contributed by atoms with Crippen LogP contribution in [0, 0.1) is 6.92 Å². The third-order valence-electron chi connectivity index (χ3n) is 7.89. The molecular weight excluding hydrogens is 452 g/mol. The van der Waals surface area contributed by atoms with Crippen molar-refractivity contribution in [2.45, 2.75) is 70.6 Å². The normalized spacial score (nSPS) is 20.6. The number of rotatable bonds is 5. The molecule has 4 aromatic rings. The first-order valence-corrected chi connectivity index (χ1v) is 12.9. The number of nitrogens with one attached hydrogen (secondary N) is 1. The largest absolute Gasteiger partial charge is 0.467 e. The number of aryl methyl sites for hydroxylation is 1. The third kappa shape index (κ3) is 3.65. The Hall–Kier alpha value is -3.74. The van der Waals surface area contributed by atoms with E-state index in [0.29, 0.717) is 18.0 Å². The Balaban J connectivity index is 1.51. The van der Waals surface area contributed by atoms with Crippen LogP contribution in [0.1, 0.15) is 60.8 Å². The summed E-state index contributed by atoms with van der Waals surface area (Å²) in [7, 11) is 0. The fraction of sp³-hybridized carbons (Fsp3) is 0.379. The molecule has 6 rings (SSSR count). The van der Waals surface area contributed by atoms with Crippen molar-refractivity contribution in [1.82, 2.24) is 19.4 Å². The molecule has 1 fully saturated rings. The predicted molar refractivity (Wildman–Crippen MR) is 138 cm³/mol. The van der Waals surface area contributed by atoms with E-state index in [9.17, 15) is 9.59 Å². The lowest BCUT2D eigenvalue weighted by molar-refractivity contribution is -0.134. The van der Waals surface area contributed by atoms with Crippen LogP contribution in [-0.2, 0) is 17.9 Å². The van der Waals surface area contributed by atoms with E-state index < -0.39 is 5.54 Å². The third-order valence-corrected chi connectivity index (χ3v) is 7.89. The van der Waals surface area contributed by atoms with E-state index in [1.807, 2.05) is 52.7 Å². The summed E-state index contributed by atoms with van der Waals surface area (Å²) in [6, 6.07) is 14.0. The fourth-order valence-electron chi connectivity index (χ4n) is 5.91. The summed E-state index contributed by atoms with van der Waals surface area (Å²) >= 11 is 0. The van der Waals surface area contributed by atoms with Gasteiger partial charge in [0.25, 0.3) is 5.91 Å². The van der Waals surface area contributed by atoms with Gasteiger partial charge in [-0.2, -0.15) is 0 Å². The summed E-state index contributed by atoms with van der Waals surface area (Å²) in [6.45, 7) is 4.55. The number of benzene rings is 1. The van der Waals surface area contributed by atoms with Gasteiger partial charge in [0.15, 0.2) is 0 Å². The van der Waals surface area contributed by atoms with Gasteiger partial charge >= 0.3 is 0 Å². The lowest BCUT2D eigenvalue weighted by Gasteiger charge is -2.44. The molecule has 1 aliphatic carbocycles. The van der Waals surface area contributed by atoms with Gasteiger partial charge in [-0.1, -0.05) is 30.9 Å². The van der Waals surface area contributed by atoms with Crippen LogP contribution in [0.4, 0.5) is 0 Å². The molecule has 7 nitrogen and oxygen atoms in total. The Morgan fingerprint density at radius 1 is 1.11 bits per heavy atom. The van der Waals surface area contributed by atoms with Gasteiger partial charge in [-0.05, 0) is 63.1 Å². The summed E-state index contributed by atoms with van der Waals surface area (Å²) < 4.78 is 9.68. The number of hydrogen-bond acceptors (Lipinski definition) is 3. The van der Waals surface area contributed by atoms with Gasteiger partial charge in [0.1, 0.15) is 17.0 Å². The second kappa shape index (κ2) is 8.73. The van der Waals surface area contributed by atoms with Crippen LogP contribution >= 0.6 is 0 Å². The summed E-state index contributed by atoms with van der Waals surface area (Å²) in [4.78, 5) is 30.1. The van der Waals surface area contributed by atoms with E-state index in [1.165, 1.54) is 6.42 Å². The maximum Gasteiger partial charge on any atom is 0.274 e. The van der Waals surface area contributed by atoms with Crippen LogP contribution < -0.4 is 5.32 Å². The van der Waals surface area contributed by atoms with E-state index in [1.54, 1.807) is 11.2 Å². The molecule has 1 unspecified atom stereocenters. The topological polar surface area (TPSA) is 72.4 Å². The number of carbonyl (C=O) groups excluding carboxylic acids is 2. The van der Waals surface area contributed by atoms with Gasteiger partial charge in [-0.3, -0.25) is 9.59 Å². The van der Waals surface area contributed by atoms with Crippen LogP contribution in [-0.4, -0.2) is 37.4 Å². The minimum atomic E-state index is -1.07. The van der Waals surface area contributed by atoms with Crippen molar-refractivity contribution in [2.24, 2.45) is 0 Å². The highest BCUT2D eigenvalue weighted by molar-refractivity contribution is 6.09. The molecule has 0 bridgehead atoms. The van der Waals surface area contributed by atoms with Gasteiger partial charge in [-0.15, -0.1) is 0 Å². The van der Waals surface area contributed by atoms with Crippen molar-refractivity contribution >= 4 is 22.7 Å². The van der Waals surface area contributed by atoms with Gasteiger partial charge in [0, 0.05) is 23.8 Å². The summed E-state index contributed by atoms with van der Waals surface area (Å²) in [6.07, 6.45) is 11.0. The van der Waals surface area contributed by atoms with E-state index in [-0.39, 0.29) is 24.4 Å². The second-order valence-electron chi connectivity index (χ2n) is 10.4. The number of nitrogens with zero attached hydrogens (tertiary/aromatic N) is 3. The Labute approximate surface area is 210 Å². The molecule has 1 aromatic carbocycles. The molecule has 4 heterocycles. The average Bonchev–Trinajstić information content (AvgIpc) is 3.63. The molecule has 7 heteroatoms. The Morgan fingerprint density at radius 2 is 1.89 bits per heavy atom. The van der Waals surface area contributed by atoms with Crippen LogP contribution in [0.5, 0.6) is 0 Å². The SMILES string of the molecule is Cc1ccc2c(c1)c(-n1cccc1)c1n2CC(C)(C(=O)NC2CCCCC2)N(Cc2ccco2)C1=O. The molecule has 1 N–H and O–H groups in total. The lowest BCUT2D eigenvalue weighted by Crippen LogP contribution is -2.64. The first kappa shape index (κ1) is 22.7. The van der Waals surface area contributed by atoms with E-state index in [4.69, 9.17) is 4.42 Å². The molecule has 0 spiro atoms. The zero-order chi connectivity index (χ0) is 24.9. The van der Waals surface area contributed by atoms with Crippen LogP contribution in [0.2, 0.25) is 0 Å². The second-order valence-corrected chi connectivity index (χ2v) is 10.4. The monoisotopic (exact) mass is 484 g/mol. The first-order valence-electron chi connectivity index (χ1n) is 12.9. The smallest absolute Gasteiger partial charge is 0.274 e. The lowest BCUT2D eigenvalue weighted by atomic mass is 9.91. The number of amides is 2. The summed E-state index contributed by atoms with van der Waals surface area (Å²) in [5.74, 6) is 0.385. The highest BCUT2D eigenvalue weighted by atomic mass is 16.3. The number of hydrogen-bond donors (Lipinski definition) is 1. The minimum absolute atomic E-state index is 0.101. The molecule has 186 valence electrons. The van der Waals surface area contributed by atoms with E-state index in [2.05, 4.69) is 30.4 Å². The molecule has 1 atom stereocenters. The zero-order valence-electron chi connectivity index (χ0n) is 20.9. The molecule has 0 radical (unpaired) electrons. The maximum atomic E-state index is 14.4. The standard InChI is InChI=1S/C29H32N4O3/c1-20-12-13-24-23(17-20)25(31-14-6-7-15-31)26-27(34)33(18-22-11-8-16-36-22)29(2,19-32(24)26)28(35)30-21-9-4-3-5-10-21/h6-8,11-17,21H,3-5,9-10,18-19H2,1-2H3,(H,30,35). The predicted octanol–water partition coefficient (Wildman–Crippen LogP) is 5.20. The van der Waals surface area contributed by atoms with Crippen LogP contribution in [0.15, 0.2) is 65.5 Å². The number of carbonyl (C=O) groups is 2. The van der Waals surface area contributed by atoms with Crippen LogP contribution in [0.25, 0.3) is 16.6 Å². The van der Waals surface area contributed by atoms with Gasteiger partial charge in [-0.25, -0.2) is 0 Å². The van der Waals surface area contributed by atoms with E-state index in [0.717, 1.165) is 47.8 Å². The summed E-state index contributed by atoms with van der Waals surface area (Å²) in [5, 5.41) is 4.30. The molecular formula is C29H32N4O3.